The summed E-state index contributed by atoms with van der Waals surface area (Å²) in [4.78, 5) is 5.05. The van der Waals surface area contributed by atoms with Gasteiger partial charge in [0.05, 0.1) is 18.9 Å². The Labute approximate surface area is 99.4 Å². The highest BCUT2D eigenvalue weighted by molar-refractivity contribution is 5.92. The number of anilines is 1. The van der Waals surface area contributed by atoms with Crippen LogP contribution in [-0.4, -0.2) is 28.5 Å². The van der Waals surface area contributed by atoms with Crippen LogP contribution in [0.2, 0.25) is 0 Å². The molecule has 2 aromatic rings. The van der Waals surface area contributed by atoms with Gasteiger partial charge in [-0.2, -0.15) is 5.10 Å². The number of aliphatic hydroxyl groups excluding tert-OH is 1. The van der Waals surface area contributed by atoms with Crippen LogP contribution in [0.25, 0.3) is 10.8 Å². The third-order valence-electron chi connectivity index (χ3n) is 2.46. The lowest BCUT2D eigenvalue weighted by atomic mass is 10.1. The van der Waals surface area contributed by atoms with E-state index >= 15 is 0 Å². The summed E-state index contributed by atoms with van der Waals surface area (Å²) in [6.07, 6.45) is 0.839. The quantitative estimate of drug-likeness (QED) is 0.605. The molecule has 0 unspecified atom stereocenters. The fourth-order valence-electron chi connectivity index (χ4n) is 1.66. The standard InChI is InChI=1S/C12H15N3O2/c1-2-11-9-5-3-4-6-10(9)12(14-13-11)15-17-8-7-16/h3-6,16H,2,7-8H2,1H3,(H,14,15). The Morgan fingerprint density at radius 1 is 1.24 bits per heavy atom. The number of benzene rings is 1. The normalized spacial score (nSPS) is 10.7. The third-order valence-corrected chi connectivity index (χ3v) is 2.46. The van der Waals surface area contributed by atoms with Crippen LogP contribution in [0.15, 0.2) is 24.3 Å². The van der Waals surface area contributed by atoms with E-state index < -0.39 is 0 Å². The van der Waals surface area contributed by atoms with Gasteiger partial charge in [0, 0.05) is 10.8 Å². The number of nitrogens with one attached hydrogen (secondary N) is 1. The Morgan fingerprint density at radius 2 is 2.00 bits per heavy atom. The summed E-state index contributed by atoms with van der Waals surface area (Å²) in [7, 11) is 0. The van der Waals surface area contributed by atoms with Gasteiger partial charge in [-0.1, -0.05) is 31.2 Å². The lowest BCUT2D eigenvalue weighted by Crippen LogP contribution is -2.09. The number of aliphatic hydroxyl groups is 1. The second-order valence-corrected chi connectivity index (χ2v) is 3.57. The Hall–Kier alpha value is -1.72. The van der Waals surface area contributed by atoms with E-state index in [1.54, 1.807) is 0 Å². The number of hydrogen-bond donors (Lipinski definition) is 2. The van der Waals surface area contributed by atoms with E-state index in [0.717, 1.165) is 22.9 Å². The van der Waals surface area contributed by atoms with E-state index in [1.807, 2.05) is 31.2 Å². The molecule has 0 spiro atoms. The molecular weight excluding hydrogens is 218 g/mol. The minimum Gasteiger partial charge on any atom is -0.394 e. The summed E-state index contributed by atoms with van der Waals surface area (Å²) >= 11 is 0. The third kappa shape index (κ3) is 2.51. The molecule has 90 valence electrons. The minimum absolute atomic E-state index is 0.0363. The maximum atomic E-state index is 8.64. The molecule has 0 atom stereocenters. The van der Waals surface area contributed by atoms with Crippen molar-refractivity contribution in [1.29, 1.82) is 0 Å². The maximum Gasteiger partial charge on any atom is 0.180 e. The SMILES string of the molecule is CCc1nnc(NOCCO)c2ccccc12. The molecule has 17 heavy (non-hydrogen) atoms. The first-order valence-electron chi connectivity index (χ1n) is 5.59. The van der Waals surface area contributed by atoms with E-state index in [9.17, 15) is 0 Å². The second-order valence-electron chi connectivity index (χ2n) is 3.57. The summed E-state index contributed by atoms with van der Waals surface area (Å²) < 4.78 is 0. The molecule has 5 heteroatoms. The fourth-order valence-corrected chi connectivity index (χ4v) is 1.66. The van der Waals surface area contributed by atoms with Gasteiger partial charge in [-0.3, -0.25) is 4.84 Å². The average molecular weight is 233 g/mol. The second kappa shape index (κ2) is 5.56. The number of hydrogen-bond acceptors (Lipinski definition) is 5. The number of aryl methyl sites for hydroxylation is 1. The van der Waals surface area contributed by atoms with Crippen LogP contribution in [0.5, 0.6) is 0 Å². The molecular formula is C12H15N3O2. The lowest BCUT2D eigenvalue weighted by molar-refractivity contribution is 0.132. The predicted octanol–water partition coefficient (Wildman–Crippen LogP) is 1.53. The van der Waals surface area contributed by atoms with Crippen molar-refractivity contribution in [3.8, 4) is 0 Å². The van der Waals surface area contributed by atoms with E-state index in [-0.39, 0.29) is 13.2 Å². The van der Waals surface area contributed by atoms with Crippen LogP contribution >= 0.6 is 0 Å². The van der Waals surface area contributed by atoms with Gasteiger partial charge in [0.25, 0.3) is 0 Å². The van der Waals surface area contributed by atoms with Gasteiger partial charge < -0.3 is 5.11 Å². The Kier molecular flexibility index (Phi) is 3.85. The zero-order valence-corrected chi connectivity index (χ0v) is 9.68. The molecule has 0 aliphatic heterocycles. The van der Waals surface area contributed by atoms with Crippen molar-refractivity contribution in [1.82, 2.24) is 10.2 Å². The molecule has 0 fully saturated rings. The van der Waals surface area contributed by atoms with Crippen LogP contribution < -0.4 is 5.48 Å². The van der Waals surface area contributed by atoms with E-state index in [2.05, 4.69) is 15.7 Å². The van der Waals surface area contributed by atoms with Crippen molar-refractivity contribution >= 4 is 16.6 Å². The Bertz CT molecular complexity index is 502. The molecule has 0 saturated carbocycles. The molecule has 0 radical (unpaired) electrons. The van der Waals surface area contributed by atoms with Crippen molar-refractivity contribution in [2.24, 2.45) is 0 Å². The van der Waals surface area contributed by atoms with Crippen LogP contribution in [0, 0.1) is 0 Å². The highest BCUT2D eigenvalue weighted by Gasteiger charge is 2.07. The van der Waals surface area contributed by atoms with Gasteiger partial charge in [0.2, 0.25) is 0 Å². The van der Waals surface area contributed by atoms with Crippen molar-refractivity contribution in [2.75, 3.05) is 18.7 Å². The lowest BCUT2D eigenvalue weighted by Gasteiger charge is -2.09. The molecule has 2 rings (SSSR count). The molecule has 2 N–H and O–H groups in total. The van der Waals surface area contributed by atoms with Gasteiger partial charge >= 0.3 is 0 Å². The van der Waals surface area contributed by atoms with Gasteiger partial charge in [-0.05, 0) is 6.42 Å². The molecule has 0 aliphatic carbocycles. The summed E-state index contributed by atoms with van der Waals surface area (Å²) in [6.45, 7) is 2.22. The van der Waals surface area contributed by atoms with Crippen molar-refractivity contribution in [3.05, 3.63) is 30.0 Å². The molecule has 5 nitrogen and oxygen atoms in total. The molecule has 0 amide bonds. The monoisotopic (exact) mass is 233 g/mol. The Balaban J connectivity index is 2.37. The van der Waals surface area contributed by atoms with Gasteiger partial charge in [0.1, 0.15) is 0 Å². The van der Waals surface area contributed by atoms with Crippen molar-refractivity contribution in [2.45, 2.75) is 13.3 Å². The first-order chi connectivity index (χ1) is 8.36. The molecule has 0 bridgehead atoms. The summed E-state index contributed by atoms with van der Waals surface area (Å²) in [5.74, 6) is 0.575. The largest absolute Gasteiger partial charge is 0.394 e. The Morgan fingerprint density at radius 3 is 2.71 bits per heavy atom. The summed E-state index contributed by atoms with van der Waals surface area (Å²) in [5.41, 5.74) is 3.67. The van der Waals surface area contributed by atoms with Crippen LogP contribution in [0.1, 0.15) is 12.6 Å². The van der Waals surface area contributed by atoms with Crippen LogP contribution in [-0.2, 0) is 11.3 Å². The van der Waals surface area contributed by atoms with Gasteiger partial charge in [-0.25, -0.2) is 5.48 Å². The number of fused-ring (bicyclic) bond motifs is 1. The summed E-state index contributed by atoms with van der Waals surface area (Å²) in [5, 5.41) is 18.9. The van der Waals surface area contributed by atoms with Crippen LogP contribution in [0.3, 0.4) is 0 Å². The smallest absolute Gasteiger partial charge is 0.180 e. The van der Waals surface area contributed by atoms with E-state index in [1.165, 1.54) is 0 Å². The van der Waals surface area contributed by atoms with Crippen LogP contribution in [0.4, 0.5) is 5.82 Å². The molecule has 1 aromatic heterocycles. The molecule has 1 heterocycles. The number of aromatic nitrogens is 2. The van der Waals surface area contributed by atoms with Crippen molar-refractivity contribution < 1.29 is 9.94 Å². The zero-order valence-electron chi connectivity index (χ0n) is 9.68. The molecule has 0 saturated heterocycles. The first-order valence-corrected chi connectivity index (χ1v) is 5.59. The average Bonchev–Trinajstić information content (AvgIpc) is 2.39. The van der Waals surface area contributed by atoms with E-state index in [0.29, 0.717) is 5.82 Å². The highest BCUT2D eigenvalue weighted by atomic mass is 16.6. The zero-order chi connectivity index (χ0) is 12.1. The maximum absolute atomic E-state index is 8.64. The molecule has 0 aliphatic rings. The molecule has 1 aromatic carbocycles. The summed E-state index contributed by atoms with van der Waals surface area (Å²) in [6, 6.07) is 7.90. The number of rotatable bonds is 5. The number of nitrogens with zero attached hydrogens (tertiary/aromatic N) is 2. The van der Waals surface area contributed by atoms with Crippen molar-refractivity contribution in [3.63, 3.8) is 0 Å². The minimum atomic E-state index is -0.0363. The van der Waals surface area contributed by atoms with Gasteiger partial charge in [-0.15, -0.1) is 5.10 Å². The predicted molar refractivity (Wildman–Crippen MR) is 65.6 cm³/mol. The first kappa shape index (κ1) is 11.8. The topological polar surface area (TPSA) is 67.3 Å². The van der Waals surface area contributed by atoms with E-state index in [4.69, 9.17) is 9.94 Å². The highest BCUT2D eigenvalue weighted by Crippen LogP contribution is 2.22. The van der Waals surface area contributed by atoms with Gasteiger partial charge in [0.15, 0.2) is 5.82 Å². The fraction of sp³-hybridized carbons (Fsp3) is 0.333.